The summed E-state index contributed by atoms with van der Waals surface area (Å²) in [5.41, 5.74) is 1.15. The van der Waals surface area contributed by atoms with E-state index in [1.807, 2.05) is 6.26 Å². The van der Waals surface area contributed by atoms with Crippen molar-refractivity contribution in [3.8, 4) is 0 Å². The van der Waals surface area contributed by atoms with Crippen LogP contribution in [-0.2, 0) is 4.74 Å². The minimum Gasteiger partial charge on any atom is -0.472 e. The topological polar surface area (TPSA) is 45.8 Å². The van der Waals surface area contributed by atoms with Gasteiger partial charge in [0, 0.05) is 18.6 Å². The summed E-state index contributed by atoms with van der Waals surface area (Å²) in [7, 11) is 0. The molecular formula is C30H47NO3. The number of hydrogen-bond donors (Lipinski definition) is 1. The molecule has 190 valence electrons. The first-order valence-corrected chi connectivity index (χ1v) is 14.5. The van der Waals surface area contributed by atoms with Crippen LogP contribution in [0.4, 0.5) is 0 Å². The van der Waals surface area contributed by atoms with Crippen molar-refractivity contribution in [2.75, 3.05) is 26.2 Å². The minimum absolute atomic E-state index is 0.0170. The molecule has 0 aromatic carbocycles. The molecular weight excluding hydrogens is 422 g/mol. The summed E-state index contributed by atoms with van der Waals surface area (Å²) in [5.74, 6) is 2.34. The fourth-order valence-corrected chi connectivity index (χ4v) is 9.89. The molecule has 0 radical (unpaired) electrons. The maximum absolute atomic E-state index is 12.4. The van der Waals surface area contributed by atoms with Crippen LogP contribution in [0.5, 0.6) is 0 Å². The molecule has 5 aliphatic rings. The molecule has 1 aromatic rings. The lowest BCUT2D eigenvalue weighted by Gasteiger charge is -2.63. The number of nitrogens with zero attached hydrogens (tertiary/aromatic N) is 1. The third-order valence-corrected chi connectivity index (χ3v) is 11.9. The second-order valence-corrected chi connectivity index (χ2v) is 13.2. The van der Waals surface area contributed by atoms with Crippen molar-refractivity contribution in [2.45, 2.75) is 109 Å². The van der Waals surface area contributed by atoms with Crippen LogP contribution in [0.3, 0.4) is 0 Å². The molecule has 4 heteroatoms. The Hall–Kier alpha value is -0.840. The second-order valence-electron chi connectivity index (χ2n) is 13.2. The number of rotatable bonds is 6. The normalized spacial score (nSPS) is 46.7. The van der Waals surface area contributed by atoms with Crippen molar-refractivity contribution in [3.05, 3.63) is 24.2 Å². The van der Waals surface area contributed by atoms with Gasteiger partial charge in [0.15, 0.2) is 0 Å². The first-order chi connectivity index (χ1) is 16.4. The van der Waals surface area contributed by atoms with Crippen LogP contribution in [0.15, 0.2) is 23.0 Å². The molecule has 0 spiro atoms. The third-order valence-electron chi connectivity index (χ3n) is 11.9. The van der Waals surface area contributed by atoms with Crippen molar-refractivity contribution in [1.82, 2.24) is 4.90 Å². The van der Waals surface area contributed by atoms with Gasteiger partial charge in [-0.2, -0.15) is 0 Å². The van der Waals surface area contributed by atoms with Gasteiger partial charge < -0.3 is 19.2 Å². The van der Waals surface area contributed by atoms with Gasteiger partial charge in [0.2, 0.25) is 0 Å². The van der Waals surface area contributed by atoms with Gasteiger partial charge in [-0.05, 0) is 131 Å². The lowest BCUT2D eigenvalue weighted by atomic mass is 9.43. The standard InChI is InChI=1S/C30H47NO3/c1-28-12-8-24(34-18-5-17-31-15-3-4-16-31)20-23(28)6-7-27-26(28)9-13-29(2)25(10-14-30(27,29)32)22-11-19-33-21-22/h11,19,21,23-27,32H,3-10,12-18,20H2,1-2H3/t23?,24?,25?,26-,27-,28+,29-,30-/m1/s1. The van der Waals surface area contributed by atoms with Crippen LogP contribution in [-0.4, -0.2) is 48.0 Å². The summed E-state index contributed by atoms with van der Waals surface area (Å²) in [6, 6.07) is 2.14. The highest BCUT2D eigenvalue weighted by molar-refractivity contribution is 5.26. The molecule has 1 aromatic heterocycles. The van der Waals surface area contributed by atoms with Crippen LogP contribution < -0.4 is 0 Å². The average molecular weight is 470 g/mol. The van der Waals surface area contributed by atoms with E-state index in [0.29, 0.717) is 29.3 Å². The van der Waals surface area contributed by atoms with E-state index in [1.165, 1.54) is 83.0 Å². The molecule has 5 fully saturated rings. The smallest absolute Gasteiger partial charge is 0.0937 e. The van der Waals surface area contributed by atoms with Crippen molar-refractivity contribution in [3.63, 3.8) is 0 Å². The van der Waals surface area contributed by atoms with E-state index in [0.717, 1.165) is 31.8 Å². The van der Waals surface area contributed by atoms with Gasteiger partial charge in [-0.3, -0.25) is 0 Å². The Balaban J connectivity index is 1.10. The van der Waals surface area contributed by atoms with Crippen molar-refractivity contribution in [2.24, 2.45) is 28.6 Å². The summed E-state index contributed by atoms with van der Waals surface area (Å²) in [6.07, 6.45) is 18.9. The Morgan fingerprint density at radius 2 is 1.88 bits per heavy atom. The van der Waals surface area contributed by atoms with Gasteiger partial charge in [0.25, 0.3) is 0 Å². The fourth-order valence-electron chi connectivity index (χ4n) is 9.89. The van der Waals surface area contributed by atoms with E-state index in [1.54, 1.807) is 6.26 Å². The van der Waals surface area contributed by atoms with E-state index in [-0.39, 0.29) is 5.41 Å². The molecule has 0 amide bonds. The zero-order valence-electron chi connectivity index (χ0n) is 21.6. The summed E-state index contributed by atoms with van der Waals surface area (Å²) in [6.45, 7) is 9.72. The van der Waals surface area contributed by atoms with Crippen LogP contribution in [0.2, 0.25) is 0 Å². The summed E-state index contributed by atoms with van der Waals surface area (Å²) in [5, 5.41) is 12.4. The molecule has 4 aliphatic carbocycles. The van der Waals surface area contributed by atoms with Crippen LogP contribution in [0, 0.1) is 28.6 Å². The number of aliphatic hydroxyl groups is 1. The van der Waals surface area contributed by atoms with Gasteiger partial charge in [-0.25, -0.2) is 0 Å². The molecule has 0 bridgehead atoms. The van der Waals surface area contributed by atoms with Crippen LogP contribution in [0.1, 0.15) is 102 Å². The third kappa shape index (κ3) is 3.65. The first kappa shape index (κ1) is 23.6. The lowest BCUT2D eigenvalue weighted by Crippen LogP contribution is -2.62. The quantitative estimate of drug-likeness (QED) is 0.490. The van der Waals surface area contributed by atoms with Crippen LogP contribution >= 0.6 is 0 Å². The summed E-state index contributed by atoms with van der Waals surface area (Å²) < 4.78 is 11.9. The molecule has 1 N–H and O–H groups in total. The largest absolute Gasteiger partial charge is 0.472 e. The molecule has 6 rings (SSSR count). The van der Waals surface area contributed by atoms with E-state index in [4.69, 9.17) is 9.15 Å². The Kier molecular flexibility index (Phi) is 6.18. The predicted octanol–water partition coefficient (Wildman–Crippen LogP) is 6.39. The highest BCUT2D eigenvalue weighted by atomic mass is 16.5. The van der Waals surface area contributed by atoms with Crippen molar-refractivity contribution in [1.29, 1.82) is 0 Å². The molecule has 4 nitrogen and oxygen atoms in total. The highest BCUT2D eigenvalue weighted by Gasteiger charge is 2.67. The van der Waals surface area contributed by atoms with Gasteiger partial charge in [0.05, 0.1) is 24.2 Å². The maximum Gasteiger partial charge on any atom is 0.0937 e. The molecule has 2 heterocycles. The van der Waals surface area contributed by atoms with Gasteiger partial charge in [-0.1, -0.05) is 13.8 Å². The zero-order valence-corrected chi connectivity index (χ0v) is 21.6. The molecule has 1 saturated heterocycles. The Bertz CT molecular complexity index is 834. The van der Waals surface area contributed by atoms with Gasteiger partial charge >= 0.3 is 0 Å². The Morgan fingerprint density at radius 1 is 1.03 bits per heavy atom. The molecule has 8 atom stereocenters. The van der Waals surface area contributed by atoms with Gasteiger partial charge in [0.1, 0.15) is 0 Å². The highest BCUT2D eigenvalue weighted by Crippen LogP contribution is 2.70. The van der Waals surface area contributed by atoms with Crippen LogP contribution in [0.25, 0.3) is 0 Å². The van der Waals surface area contributed by atoms with Crippen molar-refractivity contribution >= 4 is 0 Å². The first-order valence-electron chi connectivity index (χ1n) is 14.5. The van der Waals surface area contributed by atoms with Gasteiger partial charge in [-0.15, -0.1) is 0 Å². The van der Waals surface area contributed by atoms with E-state index in [9.17, 15) is 5.11 Å². The minimum atomic E-state index is -0.519. The monoisotopic (exact) mass is 469 g/mol. The maximum atomic E-state index is 12.4. The Labute approximate surface area is 206 Å². The number of furan rings is 1. The molecule has 4 saturated carbocycles. The Morgan fingerprint density at radius 3 is 2.68 bits per heavy atom. The molecule has 3 unspecified atom stereocenters. The number of fused-ring (bicyclic) bond motifs is 5. The zero-order chi connectivity index (χ0) is 23.4. The van der Waals surface area contributed by atoms with E-state index >= 15 is 0 Å². The number of ether oxygens (including phenoxy) is 1. The average Bonchev–Trinajstić information content (AvgIpc) is 3.58. The fraction of sp³-hybridized carbons (Fsp3) is 0.867. The number of hydrogen-bond acceptors (Lipinski definition) is 4. The summed E-state index contributed by atoms with van der Waals surface area (Å²) in [4.78, 5) is 2.60. The SMILES string of the molecule is C[C@]12CCC(OCCCN3CCCC3)CC1CC[C@@H]1[C@H]2CC[C@]2(C)C(c3ccoc3)CC[C@@]12O. The lowest BCUT2D eigenvalue weighted by molar-refractivity contribution is -0.207. The van der Waals surface area contributed by atoms with E-state index < -0.39 is 5.60 Å². The van der Waals surface area contributed by atoms with Crippen molar-refractivity contribution < 1.29 is 14.3 Å². The predicted molar refractivity (Wildman–Crippen MR) is 135 cm³/mol. The second kappa shape index (κ2) is 8.92. The summed E-state index contributed by atoms with van der Waals surface area (Å²) >= 11 is 0. The molecule has 34 heavy (non-hydrogen) atoms. The molecule has 1 aliphatic heterocycles. The number of likely N-dealkylation sites (tertiary alicyclic amines) is 1. The van der Waals surface area contributed by atoms with E-state index in [2.05, 4.69) is 24.8 Å².